The number of halogens is 1. The summed E-state index contributed by atoms with van der Waals surface area (Å²) in [6.45, 7) is 4.07. The Hall–Kier alpha value is -1.85. The predicted octanol–water partition coefficient (Wildman–Crippen LogP) is 2.20. The molecular formula is C14H17ClN4O. The molecule has 0 saturated carbocycles. The number of hydrogen-bond donors (Lipinski definition) is 3. The summed E-state index contributed by atoms with van der Waals surface area (Å²) in [6, 6.07) is 9.01. The molecule has 0 radical (unpaired) electrons. The van der Waals surface area contributed by atoms with Crippen molar-refractivity contribution in [2.24, 2.45) is 5.73 Å². The van der Waals surface area contributed by atoms with Crippen molar-refractivity contribution in [2.75, 3.05) is 6.54 Å². The van der Waals surface area contributed by atoms with E-state index < -0.39 is 5.54 Å². The quantitative estimate of drug-likeness (QED) is 0.808. The summed E-state index contributed by atoms with van der Waals surface area (Å²) in [6.07, 6.45) is 0. The Balaban J connectivity index is 2.13. The summed E-state index contributed by atoms with van der Waals surface area (Å²) in [5, 5.41) is 10.2. The van der Waals surface area contributed by atoms with Crippen molar-refractivity contribution in [3.63, 3.8) is 0 Å². The van der Waals surface area contributed by atoms with E-state index in [-0.39, 0.29) is 5.91 Å². The SMILES string of the molecule is CC(C)(N)CNC(=O)c1cc(-c2ccccc2Cl)n[nH]1. The maximum absolute atomic E-state index is 12.0. The van der Waals surface area contributed by atoms with Gasteiger partial charge in [-0.05, 0) is 26.0 Å². The van der Waals surface area contributed by atoms with E-state index in [1.54, 1.807) is 12.1 Å². The second-order valence-electron chi connectivity index (χ2n) is 5.32. The maximum atomic E-state index is 12.0. The summed E-state index contributed by atoms with van der Waals surface area (Å²) in [7, 11) is 0. The van der Waals surface area contributed by atoms with Crippen molar-refractivity contribution in [1.29, 1.82) is 0 Å². The van der Waals surface area contributed by atoms with Crippen molar-refractivity contribution in [1.82, 2.24) is 15.5 Å². The first kappa shape index (κ1) is 14.6. The Morgan fingerprint density at radius 2 is 2.15 bits per heavy atom. The lowest BCUT2D eigenvalue weighted by atomic mass is 10.1. The molecule has 2 aromatic rings. The van der Waals surface area contributed by atoms with Gasteiger partial charge < -0.3 is 11.1 Å². The lowest BCUT2D eigenvalue weighted by Crippen LogP contribution is -2.45. The van der Waals surface area contributed by atoms with Crippen LogP contribution in [-0.4, -0.2) is 28.2 Å². The van der Waals surface area contributed by atoms with Crippen molar-refractivity contribution >= 4 is 17.5 Å². The smallest absolute Gasteiger partial charge is 0.269 e. The van der Waals surface area contributed by atoms with E-state index in [9.17, 15) is 4.79 Å². The van der Waals surface area contributed by atoms with Crippen molar-refractivity contribution in [3.8, 4) is 11.3 Å². The van der Waals surface area contributed by atoms with E-state index in [2.05, 4.69) is 15.5 Å². The molecule has 1 aromatic carbocycles. The Labute approximate surface area is 122 Å². The van der Waals surface area contributed by atoms with Crippen LogP contribution in [0.1, 0.15) is 24.3 Å². The molecule has 106 valence electrons. The zero-order valence-electron chi connectivity index (χ0n) is 11.4. The molecule has 0 atom stereocenters. The zero-order valence-corrected chi connectivity index (χ0v) is 12.2. The molecule has 20 heavy (non-hydrogen) atoms. The molecule has 6 heteroatoms. The molecule has 1 aromatic heterocycles. The van der Waals surface area contributed by atoms with Crippen LogP contribution in [0, 0.1) is 0 Å². The van der Waals surface area contributed by atoms with Crippen LogP contribution >= 0.6 is 11.6 Å². The summed E-state index contributed by atoms with van der Waals surface area (Å²) in [4.78, 5) is 12.0. The minimum atomic E-state index is -0.457. The van der Waals surface area contributed by atoms with Crippen LogP contribution in [0.3, 0.4) is 0 Å². The molecule has 4 N–H and O–H groups in total. The van der Waals surface area contributed by atoms with Gasteiger partial charge >= 0.3 is 0 Å². The number of carbonyl (C=O) groups is 1. The second kappa shape index (κ2) is 5.64. The highest BCUT2D eigenvalue weighted by Crippen LogP contribution is 2.26. The highest BCUT2D eigenvalue weighted by Gasteiger charge is 2.16. The molecule has 0 aliphatic heterocycles. The molecular weight excluding hydrogens is 276 g/mol. The van der Waals surface area contributed by atoms with Crippen LogP contribution in [0.15, 0.2) is 30.3 Å². The van der Waals surface area contributed by atoms with E-state index in [4.69, 9.17) is 17.3 Å². The Morgan fingerprint density at radius 3 is 2.80 bits per heavy atom. The average molecular weight is 293 g/mol. The van der Waals surface area contributed by atoms with Crippen molar-refractivity contribution < 1.29 is 4.79 Å². The lowest BCUT2D eigenvalue weighted by Gasteiger charge is -2.18. The van der Waals surface area contributed by atoms with Gasteiger partial charge in [-0.15, -0.1) is 0 Å². The van der Waals surface area contributed by atoms with Gasteiger partial charge in [0.25, 0.3) is 5.91 Å². The summed E-state index contributed by atoms with van der Waals surface area (Å²) in [5.41, 5.74) is 7.16. The fraction of sp³-hybridized carbons (Fsp3) is 0.286. The Morgan fingerprint density at radius 1 is 1.45 bits per heavy atom. The van der Waals surface area contributed by atoms with Gasteiger partial charge in [0.15, 0.2) is 0 Å². The predicted molar refractivity (Wildman–Crippen MR) is 79.6 cm³/mol. The van der Waals surface area contributed by atoms with Gasteiger partial charge in [-0.2, -0.15) is 5.10 Å². The summed E-state index contributed by atoms with van der Waals surface area (Å²) in [5.74, 6) is -0.241. The van der Waals surface area contributed by atoms with Gasteiger partial charge in [-0.3, -0.25) is 9.89 Å². The molecule has 2 rings (SSSR count). The molecule has 0 saturated heterocycles. The number of hydrogen-bond acceptors (Lipinski definition) is 3. The van der Waals surface area contributed by atoms with Gasteiger partial charge in [0.1, 0.15) is 5.69 Å². The fourth-order valence-electron chi connectivity index (χ4n) is 1.65. The molecule has 0 spiro atoms. The van der Waals surface area contributed by atoms with E-state index in [0.29, 0.717) is 23.0 Å². The Bertz CT molecular complexity index is 616. The third-order valence-corrected chi connectivity index (χ3v) is 3.01. The highest BCUT2D eigenvalue weighted by atomic mass is 35.5. The molecule has 5 nitrogen and oxygen atoms in total. The first-order chi connectivity index (χ1) is 9.37. The van der Waals surface area contributed by atoms with Crippen LogP contribution in [0.4, 0.5) is 0 Å². The van der Waals surface area contributed by atoms with Crippen LogP contribution in [0.25, 0.3) is 11.3 Å². The number of carbonyl (C=O) groups excluding carboxylic acids is 1. The van der Waals surface area contributed by atoms with E-state index >= 15 is 0 Å². The van der Waals surface area contributed by atoms with E-state index in [0.717, 1.165) is 5.56 Å². The molecule has 0 fully saturated rings. The molecule has 1 amide bonds. The number of rotatable bonds is 4. The minimum Gasteiger partial charge on any atom is -0.349 e. The minimum absolute atomic E-state index is 0.241. The van der Waals surface area contributed by atoms with Gasteiger partial charge in [-0.25, -0.2) is 0 Å². The van der Waals surface area contributed by atoms with E-state index in [1.807, 2.05) is 32.0 Å². The topological polar surface area (TPSA) is 83.8 Å². The van der Waals surface area contributed by atoms with Crippen molar-refractivity contribution in [2.45, 2.75) is 19.4 Å². The standard InChI is InChI=1S/C14H17ClN4O/c1-14(2,16)8-17-13(20)12-7-11(18-19-12)9-5-3-4-6-10(9)15/h3-7H,8,16H2,1-2H3,(H,17,20)(H,18,19). The number of nitrogens with zero attached hydrogens (tertiary/aromatic N) is 1. The van der Waals surface area contributed by atoms with E-state index in [1.165, 1.54) is 0 Å². The van der Waals surface area contributed by atoms with Crippen molar-refractivity contribution in [3.05, 3.63) is 41.0 Å². The first-order valence-corrected chi connectivity index (χ1v) is 6.62. The number of nitrogens with one attached hydrogen (secondary N) is 2. The van der Waals surface area contributed by atoms with Gasteiger partial charge in [0.2, 0.25) is 0 Å². The average Bonchev–Trinajstić information content (AvgIpc) is 2.85. The van der Waals surface area contributed by atoms with Crippen LogP contribution < -0.4 is 11.1 Å². The van der Waals surface area contributed by atoms with Gasteiger partial charge in [-0.1, -0.05) is 29.8 Å². The number of nitrogens with two attached hydrogens (primary N) is 1. The maximum Gasteiger partial charge on any atom is 0.269 e. The number of benzene rings is 1. The molecule has 0 aliphatic carbocycles. The monoisotopic (exact) mass is 292 g/mol. The number of aromatic nitrogens is 2. The van der Waals surface area contributed by atoms with Crippen LogP contribution in [0.2, 0.25) is 5.02 Å². The first-order valence-electron chi connectivity index (χ1n) is 6.24. The third kappa shape index (κ3) is 3.59. The largest absolute Gasteiger partial charge is 0.349 e. The normalized spacial score (nSPS) is 11.4. The second-order valence-corrected chi connectivity index (χ2v) is 5.73. The number of H-pyrrole nitrogens is 1. The molecule has 0 aliphatic rings. The fourth-order valence-corrected chi connectivity index (χ4v) is 1.88. The van der Waals surface area contributed by atoms with Crippen LogP contribution in [0.5, 0.6) is 0 Å². The Kier molecular flexibility index (Phi) is 4.11. The van der Waals surface area contributed by atoms with Crippen LogP contribution in [-0.2, 0) is 0 Å². The summed E-state index contributed by atoms with van der Waals surface area (Å²) >= 11 is 6.10. The number of amides is 1. The number of aromatic amines is 1. The summed E-state index contributed by atoms with van der Waals surface area (Å²) < 4.78 is 0. The highest BCUT2D eigenvalue weighted by molar-refractivity contribution is 6.33. The molecule has 0 bridgehead atoms. The van der Waals surface area contributed by atoms with Gasteiger partial charge in [0.05, 0.1) is 10.7 Å². The van der Waals surface area contributed by atoms with Gasteiger partial charge in [0, 0.05) is 17.6 Å². The molecule has 1 heterocycles. The third-order valence-electron chi connectivity index (χ3n) is 2.68. The molecule has 0 unspecified atom stereocenters. The lowest BCUT2D eigenvalue weighted by molar-refractivity contribution is 0.0941. The zero-order chi connectivity index (χ0) is 14.8.